The van der Waals surface area contributed by atoms with Gasteiger partial charge in [-0.15, -0.1) is 0 Å². The Balaban J connectivity index is 1.97. The maximum Gasteiger partial charge on any atom is 0.259 e. The van der Waals surface area contributed by atoms with Crippen molar-refractivity contribution >= 4 is 28.1 Å². The zero-order valence-electron chi connectivity index (χ0n) is 13.1. The second kappa shape index (κ2) is 6.01. The number of carbonyl (C=O) groups excluding carboxylic acids is 1. The fraction of sp³-hybridized carbons (Fsp3) is 0.105. The number of anilines is 2. The van der Waals surface area contributed by atoms with Gasteiger partial charge < -0.3 is 15.8 Å². The summed E-state index contributed by atoms with van der Waals surface area (Å²) in [6.45, 7) is 1.92. The van der Waals surface area contributed by atoms with Gasteiger partial charge in [-0.05, 0) is 47.5 Å². The molecule has 23 heavy (non-hydrogen) atoms. The SMILES string of the molecule is COc1cc2ccccc2cc1C(=O)Nc1ccc(C)c(N)c1. The molecule has 4 heteroatoms. The van der Waals surface area contributed by atoms with Crippen molar-refractivity contribution in [2.24, 2.45) is 0 Å². The molecule has 0 spiro atoms. The molecule has 0 atom stereocenters. The molecule has 0 saturated carbocycles. The molecule has 3 N–H and O–H groups in total. The summed E-state index contributed by atoms with van der Waals surface area (Å²) in [6.07, 6.45) is 0. The van der Waals surface area contributed by atoms with Crippen molar-refractivity contribution in [1.82, 2.24) is 0 Å². The first kappa shape index (κ1) is 14.9. The van der Waals surface area contributed by atoms with Gasteiger partial charge in [-0.25, -0.2) is 0 Å². The predicted octanol–water partition coefficient (Wildman–Crippen LogP) is 3.99. The summed E-state index contributed by atoms with van der Waals surface area (Å²) in [4.78, 5) is 12.6. The van der Waals surface area contributed by atoms with Crippen molar-refractivity contribution in [3.05, 3.63) is 65.7 Å². The predicted molar refractivity (Wildman–Crippen MR) is 94.0 cm³/mol. The molecule has 0 unspecified atom stereocenters. The third kappa shape index (κ3) is 2.97. The quantitative estimate of drug-likeness (QED) is 0.719. The average Bonchev–Trinajstić information content (AvgIpc) is 2.57. The lowest BCUT2D eigenvalue weighted by Gasteiger charge is -2.12. The summed E-state index contributed by atoms with van der Waals surface area (Å²) >= 11 is 0. The highest BCUT2D eigenvalue weighted by atomic mass is 16.5. The van der Waals surface area contributed by atoms with Crippen molar-refractivity contribution in [3.8, 4) is 5.75 Å². The summed E-state index contributed by atoms with van der Waals surface area (Å²) in [5.41, 5.74) is 8.67. The molecule has 0 aliphatic heterocycles. The maximum atomic E-state index is 12.6. The molecule has 0 saturated heterocycles. The van der Waals surface area contributed by atoms with Crippen LogP contribution in [-0.4, -0.2) is 13.0 Å². The number of fused-ring (bicyclic) bond motifs is 1. The van der Waals surface area contributed by atoms with Crippen LogP contribution in [0.2, 0.25) is 0 Å². The lowest BCUT2D eigenvalue weighted by molar-refractivity contribution is 0.102. The second-order valence-electron chi connectivity index (χ2n) is 5.43. The summed E-state index contributed by atoms with van der Waals surface area (Å²) in [6, 6.07) is 17.0. The Morgan fingerprint density at radius 1 is 1.04 bits per heavy atom. The molecule has 3 aromatic rings. The number of amides is 1. The van der Waals surface area contributed by atoms with E-state index >= 15 is 0 Å². The summed E-state index contributed by atoms with van der Waals surface area (Å²) in [7, 11) is 1.56. The Bertz CT molecular complexity index is 888. The molecule has 0 aromatic heterocycles. The molecule has 0 heterocycles. The molecule has 0 fully saturated rings. The van der Waals surface area contributed by atoms with E-state index in [2.05, 4.69) is 5.32 Å². The minimum Gasteiger partial charge on any atom is -0.496 e. The fourth-order valence-electron chi connectivity index (χ4n) is 2.48. The van der Waals surface area contributed by atoms with E-state index in [0.29, 0.717) is 22.7 Å². The number of methoxy groups -OCH3 is 1. The Morgan fingerprint density at radius 2 is 1.74 bits per heavy atom. The van der Waals surface area contributed by atoms with Crippen LogP contribution in [0.4, 0.5) is 11.4 Å². The standard InChI is InChI=1S/C19H18N2O2/c1-12-7-8-15(11-17(12)20)21-19(22)16-9-13-5-3-4-6-14(13)10-18(16)23-2/h3-11H,20H2,1-2H3,(H,21,22). The van der Waals surface area contributed by atoms with E-state index in [9.17, 15) is 4.79 Å². The lowest BCUT2D eigenvalue weighted by Crippen LogP contribution is -2.13. The Kier molecular flexibility index (Phi) is 3.89. The third-order valence-electron chi connectivity index (χ3n) is 3.85. The molecular formula is C19H18N2O2. The zero-order chi connectivity index (χ0) is 16.4. The molecule has 1 amide bonds. The van der Waals surface area contributed by atoms with E-state index in [1.54, 1.807) is 13.2 Å². The van der Waals surface area contributed by atoms with Crippen LogP contribution in [0.5, 0.6) is 5.75 Å². The number of hydrogen-bond donors (Lipinski definition) is 2. The highest BCUT2D eigenvalue weighted by Gasteiger charge is 2.14. The van der Waals surface area contributed by atoms with Crippen LogP contribution in [0.3, 0.4) is 0 Å². The highest BCUT2D eigenvalue weighted by molar-refractivity contribution is 6.08. The van der Waals surface area contributed by atoms with E-state index in [1.807, 2.05) is 55.5 Å². The number of rotatable bonds is 3. The van der Waals surface area contributed by atoms with Crippen molar-refractivity contribution in [2.45, 2.75) is 6.92 Å². The van der Waals surface area contributed by atoms with Gasteiger partial charge in [-0.3, -0.25) is 4.79 Å². The highest BCUT2D eigenvalue weighted by Crippen LogP contribution is 2.27. The van der Waals surface area contributed by atoms with Gasteiger partial charge in [0.05, 0.1) is 12.7 Å². The molecule has 116 valence electrons. The first-order chi connectivity index (χ1) is 11.1. The Hall–Kier alpha value is -3.01. The number of carbonyl (C=O) groups is 1. The van der Waals surface area contributed by atoms with Crippen molar-refractivity contribution < 1.29 is 9.53 Å². The number of ether oxygens (including phenoxy) is 1. The third-order valence-corrected chi connectivity index (χ3v) is 3.85. The topological polar surface area (TPSA) is 64.3 Å². The number of nitrogens with one attached hydrogen (secondary N) is 1. The van der Waals surface area contributed by atoms with Crippen LogP contribution in [0.25, 0.3) is 10.8 Å². The fourth-order valence-corrected chi connectivity index (χ4v) is 2.48. The van der Waals surface area contributed by atoms with Gasteiger partial charge in [-0.1, -0.05) is 30.3 Å². The van der Waals surface area contributed by atoms with E-state index in [1.165, 1.54) is 0 Å². The molecular weight excluding hydrogens is 288 g/mol. The van der Waals surface area contributed by atoms with Gasteiger partial charge in [0.25, 0.3) is 5.91 Å². The lowest BCUT2D eigenvalue weighted by atomic mass is 10.1. The maximum absolute atomic E-state index is 12.6. The van der Waals surface area contributed by atoms with Crippen LogP contribution in [0, 0.1) is 6.92 Å². The van der Waals surface area contributed by atoms with Crippen LogP contribution in [0.1, 0.15) is 15.9 Å². The van der Waals surface area contributed by atoms with Gasteiger partial charge in [0, 0.05) is 11.4 Å². The number of aryl methyl sites for hydroxylation is 1. The van der Waals surface area contributed by atoms with Crippen LogP contribution >= 0.6 is 0 Å². The van der Waals surface area contributed by atoms with Crippen molar-refractivity contribution in [3.63, 3.8) is 0 Å². The summed E-state index contributed by atoms with van der Waals surface area (Å²) in [5.74, 6) is 0.317. The van der Waals surface area contributed by atoms with Gasteiger partial charge >= 0.3 is 0 Å². The Morgan fingerprint density at radius 3 is 2.39 bits per heavy atom. The van der Waals surface area contributed by atoms with Crippen molar-refractivity contribution in [2.75, 3.05) is 18.2 Å². The molecule has 0 aliphatic carbocycles. The van der Waals surface area contributed by atoms with E-state index in [-0.39, 0.29) is 5.91 Å². The number of benzene rings is 3. The number of hydrogen-bond acceptors (Lipinski definition) is 3. The Labute approximate surface area is 134 Å². The normalized spacial score (nSPS) is 10.5. The van der Waals surface area contributed by atoms with Gasteiger partial charge in [0.15, 0.2) is 0 Å². The molecule has 0 bridgehead atoms. The first-order valence-corrected chi connectivity index (χ1v) is 7.33. The van der Waals surface area contributed by atoms with E-state index in [0.717, 1.165) is 16.3 Å². The largest absolute Gasteiger partial charge is 0.496 e. The first-order valence-electron chi connectivity index (χ1n) is 7.33. The molecule has 0 aliphatic rings. The van der Waals surface area contributed by atoms with E-state index < -0.39 is 0 Å². The van der Waals surface area contributed by atoms with Gasteiger partial charge in [0.1, 0.15) is 5.75 Å². The van der Waals surface area contributed by atoms with Crippen LogP contribution < -0.4 is 15.8 Å². The number of nitrogen functional groups attached to an aromatic ring is 1. The molecule has 3 rings (SSSR count). The van der Waals surface area contributed by atoms with Crippen molar-refractivity contribution in [1.29, 1.82) is 0 Å². The summed E-state index contributed by atoms with van der Waals surface area (Å²) in [5, 5.41) is 4.88. The molecule has 0 radical (unpaired) electrons. The number of nitrogens with two attached hydrogens (primary N) is 1. The smallest absolute Gasteiger partial charge is 0.259 e. The van der Waals surface area contributed by atoms with Crippen LogP contribution in [0.15, 0.2) is 54.6 Å². The molecule has 4 nitrogen and oxygen atoms in total. The second-order valence-corrected chi connectivity index (χ2v) is 5.43. The molecule has 3 aromatic carbocycles. The zero-order valence-corrected chi connectivity index (χ0v) is 13.1. The average molecular weight is 306 g/mol. The summed E-state index contributed by atoms with van der Waals surface area (Å²) < 4.78 is 5.37. The van der Waals surface area contributed by atoms with Gasteiger partial charge in [-0.2, -0.15) is 0 Å². The van der Waals surface area contributed by atoms with Crippen LogP contribution in [-0.2, 0) is 0 Å². The minimum atomic E-state index is -0.226. The monoisotopic (exact) mass is 306 g/mol. The van der Waals surface area contributed by atoms with E-state index in [4.69, 9.17) is 10.5 Å². The van der Waals surface area contributed by atoms with Gasteiger partial charge in [0.2, 0.25) is 0 Å². The minimum absolute atomic E-state index is 0.226.